The Bertz CT molecular complexity index is 837. The number of carbonyl (C=O) groups excluding carboxylic acids is 2. The Morgan fingerprint density at radius 3 is 2.56 bits per heavy atom. The van der Waals surface area contributed by atoms with Crippen LogP contribution < -0.4 is 0 Å². The van der Waals surface area contributed by atoms with Gasteiger partial charge in [-0.2, -0.15) is 0 Å². The normalized spacial score (nSPS) is 21.9. The quantitative estimate of drug-likeness (QED) is 0.837. The third-order valence-corrected chi connectivity index (χ3v) is 6.40. The van der Waals surface area contributed by atoms with Crippen LogP contribution in [0.1, 0.15) is 36.6 Å². The van der Waals surface area contributed by atoms with E-state index < -0.39 is 0 Å². The van der Waals surface area contributed by atoms with Gasteiger partial charge in [-0.25, -0.2) is 4.98 Å². The molecule has 2 aromatic rings. The fourth-order valence-electron chi connectivity index (χ4n) is 4.55. The molecule has 2 fully saturated rings. The molecule has 0 N–H and O–H groups in total. The highest BCUT2D eigenvalue weighted by atomic mass is 16.2. The number of carbonyl (C=O) groups is 2. The fourth-order valence-corrected chi connectivity index (χ4v) is 4.55. The number of likely N-dealkylation sites (N-methyl/N-ethyl adjacent to an activating group) is 1. The fraction of sp³-hybridized carbons (Fsp3) is 0.476. The molecule has 2 amide bonds. The van der Waals surface area contributed by atoms with Gasteiger partial charge in [0, 0.05) is 38.1 Å². The monoisotopic (exact) mass is 366 g/mol. The van der Waals surface area contributed by atoms with E-state index in [0.717, 1.165) is 30.7 Å². The predicted octanol–water partition coefficient (Wildman–Crippen LogP) is 2.20. The highest BCUT2D eigenvalue weighted by Crippen LogP contribution is 2.44. The average molecular weight is 366 g/mol. The van der Waals surface area contributed by atoms with Crippen molar-refractivity contribution in [1.29, 1.82) is 0 Å². The van der Waals surface area contributed by atoms with E-state index in [2.05, 4.69) is 4.98 Å². The second-order valence-corrected chi connectivity index (χ2v) is 7.77. The second-order valence-electron chi connectivity index (χ2n) is 7.77. The van der Waals surface area contributed by atoms with E-state index in [9.17, 15) is 9.59 Å². The SMILES string of the molecule is Cc1nccn1CC(=O)N1CCC2(CC1)CC(c1ccccc1)C(=O)N2C. The molecular weight excluding hydrogens is 340 g/mol. The zero-order valence-electron chi connectivity index (χ0n) is 16.0. The van der Waals surface area contributed by atoms with Gasteiger partial charge in [-0.1, -0.05) is 30.3 Å². The van der Waals surface area contributed by atoms with E-state index in [0.29, 0.717) is 19.6 Å². The minimum Gasteiger partial charge on any atom is -0.341 e. The van der Waals surface area contributed by atoms with Crippen LogP contribution in [0.15, 0.2) is 42.7 Å². The van der Waals surface area contributed by atoms with Crippen molar-refractivity contribution >= 4 is 11.8 Å². The van der Waals surface area contributed by atoms with Crippen LogP contribution in [0.25, 0.3) is 0 Å². The van der Waals surface area contributed by atoms with Crippen molar-refractivity contribution in [3.8, 4) is 0 Å². The predicted molar refractivity (Wildman–Crippen MR) is 102 cm³/mol. The summed E-state index contributed by atoms with van der Waals surface area (Å²) in [7, 11) is 1.93. The second kappa shape index (κ2) is 6.83. The third kappa shape index (κ3) is 3.13. The Morgan fingerprint density at radius 2 is 1.93 bits per heavy atom. The number of amides is 2. The third-order valence-electron chi connectivity index (χ3n) is 6.40. The standard InChI is InChI=1S/C21H26N4O2/c1-16-22-10-13-25(16)15-19(26)24-11-8-21(9-12-24)14-18(20(27)23(21)2)17-6-4-3-5-7-17/h3-7,10,13,18H,8-9,11-12,14-15H2,1-2H3. The minimum atomic E-state index is -0.126. The Hall–Kier alpha value is -2.63. The number of benzene rings is 1. The van der Waals surface area contributed by atoms with Crippen LogP contribution in [0.4, 0.5) is 0 Å². The van der Waals surface area contributed by atoms with E-state index in [4.69, 9.17) is 0 Å². The van der Waals surface area contributed by atoms with E-state index in [1.807, 2.05) is 64.9 Å². The summed E-state index contributed by atoms with van der Waals surface area (Å²) in [4.78, 5) is 33.6. The molecule has 0 saturated carbocycles. The first kappa shape index (κ1) is 17.8. The van der Waals surface area contributed by atoms with Crippen molar-refractivity contribution in [2.45, 2.75) is 44.2 Å². The van der Waals surface area contributed by atoms with Crippen LogP contribution in [0.2, 0.25) is 0 Å². The molecule has 0 aliphatic carbocycles. The summed E-state index contributed by atoms with van der Waals surface area (Å²) >= 11 is 0. The number of rotatable bonds is 3. The maximum absolute atomic E-state index is 12.9. The van der Waals surface area contributed by atoms with Crippen LogP contribution in [-0.4, -0.2) is 56.8 Å². The first-order valence-corrected chi connectivity index (χ1v) is 9.58. The van der Waals surface area contributed by atoms with Gasteiger partial charge in [-0.05, 0) is 31.7 Å². The van der Waals surface area contributed by atoms with Gasteiger partial charge >= 0.3 is 0 Å². The summed E-state index contributed by atoms with van der Waals surface area (Å²) in [6, 6.07) is 10.1. The smallest absolute Gasteiger partial charge is 0.242 e. The van der Waals surface area contributed by atoms with E-state index in [1.54, 1.807) is 6.20 Å². The van der Waals surface area contributed by atoms with Gasteiger partial charge in [0.15, 0.2) is 0 Å². The molecule has 4 rings (SSSR count). The van der Waals surface area contributed by atoms with Gasteiger partial charge in [-0.3, -0.25) is 9.59 Å². The zero-order chi connectivity index (χ0) is 19.0. The molecule has 1 atom stereocenters. The Kier molecular flexibility index (Phi) is 4.50. The first-order chi connectivity index (χ1) is 13.0. The number of nitrogens with zero attached hydrogens (tertiary/aromatic N) is 4. The van der Waals surface area contributed by atoms with Crippen molar-refractivity contribution in [3.63, 3.8) is 0 Å². The van der Waals surface area contributed by atoms with Crippen LogP contribution in [0, 0.1) is 6.92 Å². The Morgan fingerprint density at radius 1 is 1.22 bits per heavy atom. The van der Waals surface area contributed by atoms with Crippen molar-refractivity contribution in [3.05, 3.63) is 54.1 Å². The molecule has 6 nitrogen and oxygen atoms in total. The molecule has 2 aliphatic heterocycles. The topological polar surface area (TPSA) is 58.4 Å². The molecule has 2 saturated heterocycles. The largest absolute Gasteiger partial charge is 0.341 e. The lowest BCUT2D eigenvalue weighted by molar-refractivity contribution is -0.136. The summed E-state index contributed by atoms with van der Waals surface area (Å²) in [5.41, 5.74) is 0.972. The number of aryl methyl sites for hydroxylation is 1. The van der Waals surface area contributed by atoms with Gasteiger partial charge in [0.25, 0.3) is 0 Å². The van der Waals surface area contributed by atoms with Gasteiger partial charge in [-0.15, -0.1) is 0 Å². The maximum atomic E-state index is 12.9. The lowest BCUT2D eigenvalue weighted by Gasteiger charge is -2.43. The molecule has 0 bridgehead atoms. The maximum Gasteiger partial charge on any atom is 0.242 e. The van der Waals surface area contributed by atoms with Crippen LogP contribution in [0.5, 0.6) is 0 Å². The minimum absolute atomic E-state index is 0.0629. The molecule has 1 spiro atoms. The van der Waals surface area contributed by atoms with Crippen molar-refractivity contribution < 1.29 is 9.59 Å². The summed E-state index contributed by atoms with van der Waals surface area (Å²) in [5.74, 6) is 1.11. The number of imidazole rings is 1. The van der Waals surface area contributed by atoms with Crippen LogP contribution in [-0.2, 0) is 16.1 Å². The zero-order valence-corrected chi connectivity index (χ0v) is 16.0. The van der Waals surface area contributed by atoms with Crippen LogP contribution in [0.3, 0.4) is 0 Å². The lowest BCUT2D eigenvalue weighted by Crippen LogP contribution is -2.53. The molecular formula is C21H26N4O2. The van der Waals surface area contributed by atoms with Crippen molar-refractivity contribution in [1.82, 2.24) is 19.4 Å². The van der Waals surface area contributed by atoms with Gasteiger partial charge in [0.05, 0.1) is 5.92 Å². The van der Waals surface area contributed by atoms with E-state index >= 15 is 0 Å². The van der Waals surface area contributed by atoms with Gasteiger partial charge in [0.1, 0.15) is 12.4 Å². The summed E-state index contributed by atoms with van der Waals surface area (Å²) in [6.45, 7) is 3.64. The lowest BCUT2D eigenvalue weighted by atomic mass is 9.81. The average Bonchev–Trinajstić information content (AvgIpc) is 3.20. The summed E-state index contributed by atoms with van der Waals surface area (Å²) in [5, 5.41) is 0. The molecule has 142 valence electrons. The Balaban J connectivity index is 1.43. The van der Waals surface area contributed by atoms with Crippen molar-refractivity contribution in [2.75, 3.05) is 20.1 Å². The molecule has 6 heteroatoms. The Labute approximate surface area is 159 Å². The van der Waals surface area contributed by atoms with Crippen molar-refractivity contribution in [2.24, 2.45) is 0 Å². The molecule has 0 radical (unpaired) electrons. The number of hydrogen-bond donors (Lipinski definition) is 0. The molecule has 2 aliphatic rings. The molecule has 1 unspecified atom stereocenters. The summed E-state index contributed by atoms with van der Waals surface area (Å²) < 4.78 is 1.88. The van der Waals surface area contributed by atoms with Gasteiger partial charge in [0.2, 0.25) is 11.8 Å². The van der Waals surface area contributed by atoms with Crippen LogP contribution >= 0.6 is 0 Å². The number of likely N-dealkylation sites (tertiary alicyclic amines) is 2. The highest BCUT2D eigenvalue weighted by molar-refractivity contribution is 5.87. The highest BCUT2D eigenvalue weighted by Gasteiger charge is 2.50. The molecule has 27 heavy (non-hydrogen) atoms. The van der Waals surface area contributed by atoms with E-state index in [1.165, 1.54) is 0 Å². The van der Waals surface area contributed by atoms with E-state index in [-0.39, 0.29) is 23.3 Å². The molecule has 3 heterocycles. The number of piperidine rings is 1. The molecule has 1 aromatic heterocycles. The summed E-state index contributed by atoms with van der Waals surface area (Å²) in [6.07, 6.45) is 6.08. The first-order valence-electron chi connectivity index (χ1n) is 9.58. The number of hydrogen-bond acceptors (Lipinski definition) is 3. The number of aromatic nitrogens is 2. The molecule has 1 aromatic carbocycles. The van der Waals surface area contributed by atoms with Gasteiger partial charge < -0.3 is 14.4 Å².